The van der Waals surface area contributed by atoms with Crippen LogP contribution in [0.5, 0.6) is 0 Å². The molecular formula is C14H16BrNO4S. The molecule has 7 heteroatoms. The van der Waals surface area contributed by atoms with Gasteiger partial charge in [-0.15, -0.1) is 0 Å². The predicted octanol–water partition coefficient (Wildman–Crippen LogP) is 2.93. The molecule has 0 aliphatic heterocycles. The highest BCUT2D eigenvalue weighted by Gasteiger charge is 2.15. The van der Waals surface area contributed by atoms with Crippen LogP contribution >= 0.6 is 15.9 Å². The molecule has 1 aromatic heterocycles. The molecule has 0 aliphatic carbocycles. The van der Waals surface area contributed by atoms with E-state index in [0.717, 1.165) is 5.76 Å². The molecule has 0 spiro atoms. The van der Waals surface area contributed by atoms with Crippen molar-refractivity contribution < 1.29 is 17.6 Å². The molecule has 0 radical (unpaired) electrons. The Balaban J connectivity index is 1.72. The largest absolute Gasteiger partial charge is 0.467 e. The summed E-state index contributed by atoms with van der Waals surface area (Å²) in [6, 6.07) is 10.3. The Morgan fingerprint density at radius 3 is 2.71 bits per heavy atom. The molecule has 0 fully saturated rings. The highest BCUT2D eigenvalue weighted by molar-refractivity contribution is 9.10. The number of hydrogen-bond acceptors (Lipinski definition) is 4. The zero-order valence-corrected chi connectivity index (χ0v) is 13.7. The van der Waals surface area contributed by atoms with Crippen LogP contribution in [-0.4, -0.2) is 21.6 Å². The molecule has 0 saturated carbocycles. The molecule has 2 aromatic rings. The SMILES string of the molecule is O=S(=O)(NCCCOCc1ccco1)c1ccccc1Br. The third-order valence-corrected chi connectivity index (χ3v) is 5.18. The van der Waals surface area contributed by atoms with Crippen molar-refractivity contribution in [3.8, 4) is 0 Å². The van der Waals surface area contributed by atoms with Gasteiger partial charge < -0.3 is 9.15 Å². The Kier molecular flexibility index (Phi) is 5.98. The summed E-state index contributed by atoms with van der Waals surface area (Å²) in [4.78, 5) is 0.238. The van der Waals surface area contributed by atoms with E-state index in [-0.39, 0.29) is 4.90 Å². The lowest BCUT2D eigenvalue weighted by atomic mass is 10.4. The molecule has 0 amide bonds. The van der Waals surface area contributed by atoms with E-state index in [9.17, 15) is 8.42 Å². The van der Waals surface area contributed by atoms with Crippen molar-refractivity contribution in [2.45, 2.75) is 17.9 Å². The van der Waals surface area contributed by atoms with Crippen LogP contribution in [0, 0.1) is 0 Å². The maximum atomic E-state index is 12.1. The van der Waals surface area contributed by atoms with E-state index in [2.05, 4.69) is 20.7 Å². The highest BCUT2D eigenvalue weighted by atomic mass is 79.9. The molecule has 0 bridgehead atoms. The van der Waals surface area contributed by atoms with Gasteiger partial charge in [-0.3, -0.25) is 0 Å². The molecule has 1 heterocycles. The highest BCUT2D eigenvalue weighted by Crippen LogP contribution is 2.20. The smallest absolute Gasteiger partial charge is 0.241 e. The monoisotopic (exact) mass is 373 g/mol. The Labute approximate surface area is 132 Å². The van der Waals surface area contributed by atoms with Gasteiger partial charge in [0, 0.05) is 17.6 Å². The summed E-state index contributed by atoms with van der Waals surface area (Å²) in [5.41, 5.74) is 0. The van der Waals surface area contributed by atoms with Crippen molar-refractivity contribution in [2.24, 2.45) is 0 Å². The molecular weight excluding hydrogens is 358 g/mol. The van der Waals surface area contributed by atoms with E-state index in [0.29, 0.717) is 30.7 Å². The van der Waals surface area contributed by atoms with Crippen LogP contribution in [0.2, 0.25) is 0 Å². The molecule has 21 heavy (non-hydrogen) atoms. The first-order valence-corrected chi connectivity index (χ1v) is 8.71. The van der Waals surface area contributed by atoms with Crippen LogP contribution in [0.4, 0.5) is 0 Å². The molecule has 1 aromatic carbocycles. The Morgan fingerprint density at radius 2 is 2.00 bits per heavy atom. The molecule has 2 rings (SSSR count). The van der Waals surface area contributed by atoms with Gasteiger partial charge in [0.15, 0.2) is 0 Å². The van der Waals surface area contributed by atoms with Crippen molar-refractivity contribution in [3.05, 3.63) is 52.9 Å². The summed E-state index contributed by atoms with van der Waals surface area (Å²) in [5.74, 6) is 0.754. The third-order valence-electron chi connectivity index (χ3n) is 2.71. The Morgan fingerprint density at radius 1 is 1.19 bits per heavy atom. The number of furan rings is 1. The fraction of sp³-hybridized carbons (Fsp3) is 0.286. The van der Waals surface area contributed by atoms with Crippen LogP contribution in [0.1, 0.15) is 12.2 Å². The fourth-order valence-electron chi connectivity index (χ4n) is 1.69. The van der Waals surface area contributed by atoms with Crippen LogP contribution < -0.4 is 4.72 Å². The van der Waals surface area contributed by atoms with Crippen LogP contribution in [-0.2, 0) is 21.4 Å². The third kappa shape index (κ3) is 4.96. The lowest BCUT2D eigenvalue weighted by molar-refractivity contribution is 0.105. The normalized spacial score (nSPS) is 11.7. The number of halogens is 1. The molecule has 114 valence electrons. The summed E-state index contributed by atoms with van der Waals surface area (Å²) in [6.07, 6.45) is 2.18. The van der Waals surface area contributed by atoms with Crippen molar-refractivity contribution >= 4 is 26.0 Å². The van der Waals surface area contributed by atoms with Gasteiger partial charge in [0.1, 0.15) is 12.4 Å². The second kappa shape index (κ2) is 7.74. The summed E-state index contributed by atoms with van der Waals surface area (Å²) in [5, 5.41) is 0. The fourth-order valence-corrected chi connectivity index (χ4v) is 3.76. The molecule has 0 saturated heterocycles. The van der Waals surface area contributed by atoms with Gasteiger partial charge in [-0.2, -0.15) is 0 Å². The second-order valence-electron chi connectivity index (χ2n) is 4.31. The lowest BCUT2D eigenvalue weighted by Gasteiger charge is -2.08. The van der Waals surface area contributed by atoms with E-state index < -0.39 is 10.0 Å². The standard InChI is InChI=1S/C14H16BrNO4S/c15-13-6-1-2-7-14(13)21(17,18)16-8-4-9-19-11-12-5-3-10-20-12/h1-3,5-7,10,16H,4,8-9,11H2. The summed E-state index contributed by atoms with van der Waals surface area (Å²) in [6.45, 7) is 1.17. The number of ether oxygens (including phenoxy) is 1. The van der Waals surface area contributed by atoms with Gasteiger partial charge in [-0.25, -0.2) is 13.1 Å². The maximum Gasteiger partial charge on any atom is 0.241 e. The first-order valence-electron chi connectivity index (χ1n) is 6.44. The van der Waals surface area contributed by atoms with Gasteiger partial charge in [0.25, 0.3) is 0 Å². The Bertz CT molecular complexity index is 655. The van der Waals surface area contributed by atoms with Gasteiger partial charge in [-0.1, -0.05) is 12.1 Å². The van der Waals surface area contributed by atoms with Crippen LogP contribution in [0.15, 0.2) is 56.4 Å². The van der Waals surface area contributed by atoms with Gasteiger partial charge in [0.2, 0.25) is 10.0 Å². The summed E-state index contributed by atoms with van der Waals surface area (Å²) < 4.78 is 37.8. The van der Waals surface area contributed by atoms with Gasteiger partial charge in [0.05, 0.1) is 11.2 Å². The van der Waals surface area contributed by atoms with Crippen LogP contribution in [0.3, 0.4) is 0 Å². The van der Waals surface area contributed by atoms with E-state index in [1.54, 1.807) is 36.6 Å². The molecule has 5 nitrogen and oxygen atoms in total. The van der Waals surface area contributed by atoms with Gasteiger partial charge in [-0.05, 0) is 46.6 Å². The number of benzene rings is 1. The lowest BCUT2D eigenvalue weighted by Crippen LogP contribution is -2.25. The molecule has 0 aliphatic rings. The van der Waals surface area contributed by atoms with E-state index >= 15 is 0 Å². The maximum absolute atomic E-state index is 12.1. The minimum atomic E-state index is -3.49. The zero-order chi connectivity index (χ0) is 15.1. The number of nitrogens with one attached hydrogen (secondary N) is 1. The summed E-state index contributed by atoms with van der Waals surface area (Å²) in [7, 11) is -3.49. The topological polar surface area (TPSA) is 68.5 Å². The first kappa shape index (κ1) is 16.2. The quantitative estimate of drug-likeness (QED) is 0.722. The van der Waals surface area contributed by atoms with E-state index in [1.807, 2.05) is 6.07 Å². The van der Waals surface area contributed by atoms with E-state index in [4.69, 9.17) is 9.15 Å². The first-order chi connectivity index (χ1) is 10.1. The van der Waals surface area contributed by atoms with Crippen LogP contribution in [0.25, 0.3) is 0 Å². The second-order valence-corrected chi connectivity index (χ2v) is 6.90. The average molecular weight is 374 g/mol. The van der Waals surface area contributed by atoms with Crippen molar-refractivity contribution in [2.75, 3.05) is 13.2 Å². The van der Waals surface area contributed by atoms with Crippen molar-refractivity contribution in [3.63, 3.8) is 0 Å². The van der Waals surface area contributed by atoms with Crippen molar-refractivity contribution in [1.29, 1.82) is 0 Å². The average Bonchev–Trinajstić information content (AvgIpc) is 2.96. The summed E-state index contributed by atoms with van der Waals surface area (Å²) >= 11 is 3.23. The Hall–Kier alpha value is -1.15. The number of rotatable bonds is 8. The molecule has 0 unspecified atom stereocenters. The number of hydrogen-bond donors (Lipinski definition) is 1. The molecule has 1 N–H and O–H groups in total. The predicted molar refractivity (Wildman–Crippen MR) is 82.3 cm³/mol. The molecule has 0 atom stereocenters. The minimum Gasteiger partial charge on any atom is -0.467 e. The van der Waals surface area contributed by atoms with Gasteiger partial charge >= 0.3 is 0 Å². The minimum absolute atomic E-state index is 0.238. The number of sulfonamides is 1. The van der Waals surface area contributed by atoms with E-state index in [1.165, 1.54) is 0 Å². The zero-order valence-electron chi connectivity index (χ0n) is 11.3. The van der Waals surface area contributed by atoms with Crippen molar-refractivity contribution in [1.82, 2.24) is 4.72 Å².